The molecule has 1 aliphatic rings. The molecule has 1 aromatic heterocycles. The fraction of sp³-hybridized carbons (Fsp3) is 0.429. The van der Waals surface area contributed by atoms with E-state index in [1.165, 1.54) is 0 Å². The number of aryl methyl sites for hydroxylation is 1. The van der Waals surface area contributed by atoms with Gasteiger partial charge in [-0.05, 0) is 57.6 Å². The van der Waals surface area contributed by atoms with Crippen molar-refractivity contribution in [2.45, 2.75) is 25.8 Å². The highest BCUT2D eigenvalue weighted by Crippen LogP contribution is 2.19. The van der Waals surface area contributed by atoms with E-state index in [1.807, 2.05) is 27.1 Å². The fourth-order valence-corrected chi connectivity index (χ4v) is 3.32. The Morgan fingerprint density at radius 1 is 1.17 bits per heavy atom. The number of rotatable bonds is 6. The van der Waals surface area contributed by atoms with E-state index >= 15 is 0 Å². The summed E-state index contributed by atoms with van der Waals surface area (Å²) in [5, 5.41) is 6.00. The number of benzene rings is 1. The highest BCUT2D eigenvalue weighted by atomic mass is 16.2. The number of likely N-dealkylation sites (N-methyl/N-ethyl adjacent to an activating group) is 1. The van der Waals surface area contributed by atoms with E-state index in [9.17, 15) is 9.59 Å². The van der Waals surface area contributed by atoms with Gasteiger partial charge in [-0.2, -0.15) is 0 Å². The number of carbonyl (C=O) groups is 2. The average molecular weight is 396 g/mol. The standard InChI is InChI=1S/C21H28N6O2/c1-15-5-6-16(13-18(15)25-19(28)14-26(2)3)20(29)24-17-7-11-27(12-8-17)21-22-9-4-10-23-21/h4-6,9-10,13,17H,7-8,11-12,14H2,1-3H3,(H,24,29)(H,25,28). The molecule has 1 fully saturated rings. The smallest absolute Gasteiger partial charge is 0.251 e. The van der Waals surface area contributed by atoms with E-state index in [1.54, 1.807) is 35.5 Å². The fourth-order valence-electron chi connectivity index (χ4n) is 3.32. The Balaban J connectivity index is 1.57. The van der Waals surface area contributed by atoms with Gasteiger partial charge in [-0.15, -0.1) is 0 Å². The van der Waals surface area contributed by atoms with Crippen molar-refractivity contribution in [1.82, 2.24) is 20.2 Å². The van der Waals surface area contributed by atoms with Gasteiger partial charge in [-0.25, -0.2) is 9.97 Å². The van der Waals surface area contributed by atoms with E-state index in [-0.39, 0.29) is 17.9 Å². The molecule has 3 rings (SSSR count). The van der Waals surface area contributed by atoms with E-state index in [0.717, 1.165) is 37.4 Å². The predicted octanol–water partition coefficient (Wildman–Crippen LogP) is 1.68. The van der Waals surface area contributed by atoms with Crippen LogP contribution in [-0.2, 0) is 4.79 Å². The van der Waals surface area contributed by atoms with Gasteiger partial charge in [0.2, 0.25) is 11.9 Å². The van der Waals surface area contributed by atoms with E-state index in [2.05, 4.69) is 25.5 Å². The zero-order valence-electron chi connectivity index (χ0n) is 17.2. The molecule has 2 heterocycles. The molecule has 1 aromatic carbocycles. The van der Waals surface area contributed by atoms with Gasteiger partial charge in [0, 0.05) is 42.8 Å². The second kappa shape index (κ2) is 9.47. The topological polar surface area (TPSA) is 90.5 Å². The molecular formula is C21H28N6O2. The molecule has 0 saturated carbocycles. The van der Waals surface area contributed by atoms with Gasteiger partial charge < -0.3 is 20.4 Å². The summed E-state index contributed by atoms with van der Waals surface area (Å²) in [5.74, 6) is 0.502. The summed E-state index contributed by atoms with van der Waals surface area (Å²) in [6.07, 6.45) is 5.15. The van der Waals surface area contributed by atoms with Crippen LogP contribution in [0.4, 0.5) is 11.6 Å². The summed E-state index contributed by atoms with van der Waals surface area (Å²) in [6, 6.07) is 7.30. The largest absolute Gasteiger partial charge is 0.349 e. The number of nitrogens with zero attached hydrogens (tertiary/aromatic N) is 4. The molecule has 0 spiro atoms. The van der Waals surface area contributed by atoms with Crippen molar-refractivity contribution in [3.05, 3.63) is 47.8 Å². The lowest BCUT2D eigenvalue weighted by atomic mass is 10.0. The Kier molecular flexibility index (Phi) is 6.77. The molecule has 0 atom stereocenters. The van der Waals surface area contributed by atoms with Crippen LogP contribution in [0.2, 0.25) is 0 Å². The average Bonchev–Trinajstić information content (AvgIpc) is 2.70. The maximum atomic E-state index is 12.7. The summed E-state index contributed by atoms with van der Waals surface area (Å²) in [7, 11) is 3.68. The molecule has 1 aliphatic heterocycles. The third-order valence-corrected chi connectivity index (χ3v) is 4.90. The minimum atomic E-state index is -0.123. The number of piperidine rings is 1. The molecule has 0 aliphatic carbocycles. The van der Waals surface area contributed by atoms with Gasteiger partial charge in [0.25, 0.3) is 5.91 Å². The Labute approximate surface area is 171 Å². The summed E-state index contributed by atoms with van der Waals surface area (Å²) >= 11 is 0. The number of hydrogen-bond donors (Lipinski definition) is 2. The first kappa shape index (κ1) is 20.7. The van der Waals surface area contributed by atoms with Gasteiger partial charge >= 0.3 is 0 Å². The Bertz CT molecular complexity index is 848. The third-order valence-electron chi connectivity index (χ3n) is 4.90. The van der Waals surface area contributed by atoms with Crippen molar-refractivity contribution in [3.8, 4) is 0 Å². The summed E-state index contributed by atoms with van der Waals surface area (Å²) in [5.41, 5.74) is 2.13. The van der Waals surface area contributed by atoms with Gasteiger partial charge in [-0.3, -0.25) is 9.59 Å². The van der Waals surface area contributed by atoms with Crippen LogP contribution in [0.25, 0.3) is 0 Å². The minimum Gasteiger partial charge on any atom is -0.349 e. The van der Waals surface area contributed by atoms with E-state index in [0.29, 0.717) is 17.8 Å². The van der Waals surface area contributed by atoms with Crippen LogP contribution in [-0.4, -0.2) is 66.5 Å². The highest BCUT2D eigenvalue weighted by Gasteiger charge is 2.22. The number of aromatic nitrogens is 2. The monoisotopic (exact) mass is 396 g/mol. The van der Waals surface area contributed by atoms with Crippen molar-refractivity contribution >= 4 is 23.5 Å². The van der Waals surface area contributed by atoms with Crippen LogP contribution in [0.1, 0.15) is 28.8 Å². The second-order valence-corrected chi connectivity index (χ2v) is 7.60. The molecule has 2 aromatic rings. The zero-order chi connectivity index (χ0) is 20.8. The number of amides is 2. The first-order valence-corrected chi connectivity index (χ1v) is 9.80. The molecule has 2 amide bonds. The van der Waals surface area contributed by atoms with Gasteiger partial charge in [0.1, 0.15) is 0 Å². The maximum absolute atomic E-state index is 12.7. The lowest BCUT2D eigenvalue weighted by molar-refractivity contribution is -0.116. The molecule has 0 bridgehead atoms. The van der Waals surface area contributed by atoms with Crippen LogP contribution in [0.5, 0.6) is 0 Å². The van der Waals surface area contributed by atoms with Gasteiger partial charge in [-0.1, -0.05) is 6.07 Å². The summed E-state index contributed by atoms with van der Waals surface area (Å²) < 4.78 is 0. The van der Waals surface area contributed by atoms with E-state index < -0.39 is 0 Å². The molecule has 29 heavy (non-hydrogen) atoms. The van der Waals surface area contributed by atoms with Gasteiger partial charge in [0.05, 0.1) is 6.54 Å². The molecule has 0 unspecified atom stereocenters. The van der Waals surface area contributed by atoms with Crippen LogP contribution < -0.4 is 15.5 Å². The lowest BCUT2D eigenvalue weighted by Crippen LogP contribution is -2.45. The number of nitrogens with one attached hydrogen (secondary N) is 2. The lowest BCUT2D eigenvalue weighted by Gasteiger charge is -2.32. The van der Waals surface area contributed by atoms with Crippen LogP contribution in [0.15, 0.2) is 36.7 Å². The molecule has 1 saturated heterocycles. The number of anilines is 2. The molecule has 154 valence electrons. The van der Waals surface area contributed by atoms with Crippen molar-refractivity contribution in [1.29, 1.82) is 0 Å². The van der Waals surface area contributed by atoms with E-state index in [4.69, 9.17) is 0 Å². The number of carbonyl (C=O) groups excluding carboxylic acids is 2. The van der Waals surface area contributed by atoms with Crippen molar-refractivity contribution in [2.75, 3.05) is 43.9 Å². The highest BCUT2D eigenvalue weighted by molar-refractivity contribution is 5.98. The Morgan fingerprint density at radius 2 is 1.86 bits per heavy atom. The SMILES string of the molecule is Cc1ccc(C(=O)NC2CCN(c3ncccn3)CC2)cc1NC(=O)CN(C)C. The summed E-state index contributed by atoms with van der Waals surface area (Å²) in [6.45, 7) is 3.80. The Morgan fingerprint density at radius 3 is 2.52 bits per heavy atom. The zero-order valence-corrected chi connectivity index (χ0v) is 17.2. The van der Waals surface area contributed by atoms with Crippen molar-refractivity contribution in [2.24, 2.45) is 0 Å². The van der Waals surface area contributed by atoms with Crippen LogP contribution >= 0.6 is 0 Å². The second-order valence-electron chi connectivity index (χ2n) is 7.60. The molecular weight excluding hydrogens is 368 g/mol. The Hall–Kier alpha value is -3.00. The molecule has 8 nitrogen and oxygen atoms in total. The predicted molar refractivity (Wildman–Crippen MR) is 113 cm³/mol. The normalized spacial score (nSPS) is 14.7. The summed E-state index contributed by atoms with van der Waals surface area (Å²) in [4.78, 5) is 37.3. The first-order chi connectivity index (χ1) is 13.9. The molecule has 0 radical (unpaired) electrons. The van der Waals surface area contributed by atoms with Crippen molar-refractivity contribution in [3.63, 3.8) is 0 Å². The van der Waals surface area contributed by atoms with Gasteiger partial charge in [0.15, 0.2) is 0 Å². The van der Waals surface area contributed by atoms with Crippen molar-refractivity contribution < 1.29 is 9.59 Å². The first-order valence-electron chi connectivity index (χ1n) is 9.80. The minimum absolute atomic E-state index is 0.105. The van der Waals surface area contributed by atoms with Crippen LogP contribution in [0.3, 0.4) is 0 Å². The quantitative estimate of drug-likeness (QED) is 0.772. The van der Waals surface area contributed by atoms with Crippen LogP contribution in [0, 0.1) is 6.92 Å². The number of hydrogen-bond acceptors (Lipinski definition) is 6. The molecule has 2 N–H and O–H groups in total. The maximum Gasteiger partial charge on any atom is 0.251 e. The third kappa shape index (κ3) is 5.74. The molecule has 8 heteroatoms.